The lowest BCUT2D eigenvalue weighted by Crippen LogP contribution is -1.97. The van der Waals surface area contributed by atoms with Gasteiger partial charge in [-0.1, -0.05) is 11.6 Å². The summed E-state index contributed by atoms with van der Waals surface area (Å²) in [7, 11) is 0. The molecule has 4 nitrogen and oxygen atoms in total. The third-order valence-corrected chi connectivity index (χ3v) is 3.98. The van der Waals surface area contributed by atoms with E-state index >= 15 is 0 Å². The fraction of sp³-hybridized carbons (Fsp3) is 0. The maximum atomic E-state index is 14.4. The first-order valence-corrected chi connectivity index (χ1v) is 7.42. The summed E-state index contributed by atoms with van der Waals surface area (Å²) in [6, 6.07) is 9.45. The molecule has 0 saturated heterocycles. The summed E-state index contributed by atoms with van der Waals surface area (Å²) in [5.41, 5.74) is 2.33. The molecule has 4 rings (SSSR count). The summed E-state index contributed by atoms with van der Waals surface area (Å²) < 4.78 is 29.4. The number of rotatable bonds is 2. The van der Waals surface area contributed by atoms with Gasteiger partial charge in [-0.05, 0) is 30.3 Å². The van der Waals surface area contributed by atoms with Crippen molar-refractivity contribution in [2.45, 2.75) is 0 Å². The first-order chi connectivity index (χ1) is 11.6. The molecular formula is C17H9ClF2N4. The highest BCUT2D eigenvalue weighted by Gasteiger charge is 2.18. The summed E-state index contributed by atoms with van der Waals surface area (Å²) in [6.07, 6.45) is 4.92. The Morgan fingerprint density at radius 2 is 1.83 bits per heavy atom. The van der Waals surface area contributed by atoms with Crippen LogP contribution < -0.4 is 0 Å². The van der Waals surface area contributed by atoms with Gasteiger partial charge in [0, 0.05) is 29.6 Å². The molecule has 7 heteroatoms. The van der Waals surface area contributed by atoms with Crippen LogP contribution in [0.3, 0.4) is 0 Å². The van der Waals surface area contributed by atoms with Gasteiger partial charge in [0.1, 0.15) is 10.8 Å². The van der Waals surface area contributed by atoms with E-state index in [4.69, 9.17) is 11.6 Å². The van der Waals surface area contributed by atoms with E-state index in [9.17, 15) is 8.78 Å². The minimum atomic E-state index is -0.845. The van der Waals surface area contributed by atoms with Gasteiger partial charge >= 0.3 is 0 Å². The lowest BCUT2D eigenvalue weighted by atomic mass is 10.0. The first kappa shape index (κ1) is 14.7. The maximum absolute atomic E-state index is 14.4. The van der Waals surface area contributed by atoms with Crippen molar-refractivity contribution in [2.75, 3.05) is 0 Å². The van der Waals surface area contributed by atoms with Crippen LogP contribution in [0.2, 0.25) is 5.02 Å². The molecule has 0 fully saturated rings. The highest BCUT2D eigenvalue weighted by Crippen LogP contribution is 2.34. The molecule has 0 radical (unpaired) electrons. The fourth-order valence-corrected chi connectivity index (χ4v) is 2.66. The summed E-state index contributed by atoms with van der Waals surface area (Å²) in [5.74, 6) is -1.66. The second kappa shape index (κ2) is 5.65. The summed E-state index contributed by atoms with van der Waals surface area (Å²) >= 11 is 5.69. The molecule has 0 saturated carbocycles. The average Bonchev–Trinajstić information content (AvgIpc) is 3.08. The number of aromatic nitrogens is 4. The van der Waals surface area contributed by atoms with E-state index in [1.54, 1.807) is 41.2 Å². The van der Waals surface area contributed by atoms with Crippen LogP contribution in [-0.4, -0.2) is 19.6 Å². The van der Waals surface area contributed by atoms with Crippen LogP contribution in [0.5, 0.6) is 0 Å². The van der Waals surface area contributed by atoms with E-state index in [0.29, 0.717) is 22.6 Å². The number of benzene rings is 1. The molecule has 0 atom stereocenters. The minimum absolute atomic E-state index is 0.118. The molecule has 0 unspecified atom stereocenters. The van der Waals surface area contributed by atoms with Gasteiger partial charge in [-0.3, -0.25) is 4.98 Å². The Labute approximate surface area is 140 Å². The molecule has 118 valence electrons. The largest absolute Gasteiger partial charge is 0.255 e. The van der Waals surface area contributed by atoms with Crippen molar-refractivity contribution in [3.63, 3.8) is 0 Å². The zero-order chi connectivity index (χ0) is 16.7. The van der Waals surface area contributed by atoms with E-state index in [0.717, 1.165) is 6.07 Å². The Morgan fingerprint density at radius 3 is 2.71 bits per heavy atom. The lowest BCUT2D eigenvalue weighted by molar-refractivity contribution is 0.586. The molecule has 0 aliphatic heterocycles. The van der Waals surface area contributed by atoms with Crippen molar-refractivity contribution in [1.82, 2.24) is 19.6 Å². The maximum Gasteiger partial charge on any atom is 0.155 e. The fourth-order valence-electron chi connectivity index (χ4n) is 2.50. The number of halogens is 3. The smallest absolute Gasteiger partial charge is 0.155 e. The van der Waals surface area contributed by atoms with Crippen molar-refractivity contribution in [2.24, 2.45) is 0 Å². The number of hydrogen-bond acceptors (Lipinski definition) is 3. The highest BCUT2D eigenvalue weighted by molar-refractivity contribution is 6.31. The topological polar surface area (TPSA) is 43.1 Å². The van der Waals surface area contributed by atoms with Crippen LogP contribution >= 0.6 is 11.6 Å². The molecule has 3 aromatic heterocycles. The number of nitrogens with zero attached hydrogens (tertiary/aromatic N) is 4. The van der Waals surface area contributed by atoms with Crippen LogP contribution in [0.4, 0.5) is 8.78 Å². The van der Waals surface area contributed by atoms with Crippen molar-refractivity contribution in [3.8, 4) is 22.5 Å². The van der Waals surface area contributed by atoms with Gasteiger partial charge in [-0.25, -0.2) is 18.3 Å². The molecular weight excluding hydrogens is 334 g/mol. The number of hydrogen-bond donors (Lipinski definition) is 0. The second-order valence-corrected chi connectivity index (χ2v) is 5.45. The van der Waals surface area contributed by atoms with E-state index in [1.165, 1.54) is 12.3 Å². The predicted octanol–water partition coefficient (Wildman–Crippen LogP) is 4.39. The van der Waals surface area contributed by atoms with Crippen LogP contribution in [0, 0.1) is 11.6 Å². The van der Waals surface area contributed by atoms with Crippen molar-refractivity contribution in [1.29, 1.82) is 0 Å². The molecule has 4 aromatic rings. The normalized spacial score (nSPS) is 11.1. The molecule has 3 heterocycles. The summed E-state index contributed by atoms with van der Waals surface area (Å²) in [4.78, 5) is 8.73. The van der Waals surface area contributed by atoms with Gasteiger partial charge in [0.15, 0.2) is 11.5 Å². The van der Waals surface area contributed by atoms with E-state index in [1.807, 2.05) is 0 Å². The lowest BCUT2D eigenvalue weighted by Gasteiger charge is -2.10. The van der Waals surface area contributed by atoms with Gasteiger partial charge in [0.25, 0.3) is 0 Å². The molecule has 0 spiro atoms. The standard InChI is InChI=1S/C17H9ClF2N4/c18-15-12(19)4-3-11(16(15)20)17-10(2-1-7-21-17)13-6-9-24-14(23-13)5-8-22-24/h1-9H. The van der Waals surface area contributed by atoms with Crippen LogP contribution in [-0.2, 0) is 0 Å². The summed E-state index contributed by atoms with van der Waals surface area (Å²) in [5, 5.41) is 3.54. The monoisotopic (exact) mass is 342 g/mol. The van der Waals surface area contributed by atoms with Gasteiger partial charge < -0.3 is 0 Å². The van der Waals surface area contributed by atoms with Crippen LogP contribution in [0.25, 0.3) is 28.2 Å². The highest BCUT2D eigenvalue weighted by atomic mass is 35.5. The van der Waals surface area contributed by atoms with Crippen molar-refractivity contribution < 1.29 is 8.78 Å². The quantitative estimate of drug-likeness (QED) is 0.507. The number of pyridine rings is 1. The van der Waals surface area contributed by atoms with Crippen LogP contribution in [0.15, 0.2) is 55.0 Å². The van der Waals surface area contributed by atoms with Crippen molar-refractivity contribution >= 4 is 17.2 Å². The van der Waals surface area contributed by atoms with E-state index < -0.39 is 16.7 Å². The predicted molar refractivity (Wildman–Crippen MR) is 86.6 cm³/mol. The van der Waals surface area contributed by atoms with Gasteiger partial charge in [-0.15, -0.1) is 0 Å². The first-order valence-electron chi connectivity index (χ1n) is 7.05. The SMILES string of the molecule is Fc1ccc(-c2ncccc2-c2ccn3nccc3n2)c(F)c1Cl. The Hall–Kier alpha value is -2.86. The third kappa shape index (κ3) is 2.32. The molecule has 0 aliphatic rings. The molecule has 1 aromatic carbocycles. The molecule has 0 N–H and O–H groups in total. The van der Waals surface area contributed by atoms with E-state index in [-0.39, 0.29) is 5.56 Å². The summed E-state index contributed by atoms with van der Waals surface area (Å²) in [6.45, 7) is 0. The van der Waals surface area contributed by atoms with Gasteiger partial charge in [0.2, 0.25) is 0 Å². The Balaban J connectivity index is 1.94. The average molecular weight is 343 g/mol. The zero-order valence-electron chi connectivity index (χ0n) is 12.1. The Kier molecular flexibility index (Phi) is 3.46. The Morgan fingerprint density at radius 1 is 0.958 bits per heavy atom. The molecule has 0 bridgehead atoms. The third-order valence-electron chi connectivity index (χ3n) is 3.63. The molecule has 0 amide bonds. The zero-order valence-corrected chi connectivity index (χ0v) is 12.9. The van der Waals surface area contributed by atoms with Gasteiger partial charge in [-0.2, -0.15) is 5.10 Å². The Bertz CT molecular complexity index is 1060. The van der Waals surface area contributed by atoms with Crippen LogP contribution in [0.1, 0.15) is 0 Å². The van der Waals surface area contributed by atoms with E-state index in [2.05, 4.69) is 15.1 Å². The minimum Gasteiger partial charge on any atom is -0.255 e. The second-order valence-electron chi connectivity index (χ2n) is 5.07. The number of fused-ring (bicyclic) bond motifs is 1. The molecule has 24 heavy (non-hydrogen) atoms. The van der Waals surface area contributed by atoms with Gasteiger partial charge in [0.05, 0.1) is 17.6 Å². The molecule has 0 aliphatic carbocycles. The van der Waals surface area contributed by atoms with Crippen molar-refractivity contribution in [3.05, 3.63) is 71.6 Å².